The van der Waals surface area contributed by atoms with E-state index in [1.807, 2.05) is 26.0 Å². The minimum absolute atomic E-state index is 0.0781. The molecule has 2 rings (SSSR count). The third kappa shape index (κ3) is 2.68. The second-order valence-corrected chi connectivity index (χ2v) is 4.93. The molecule has 0 aliphatic carbocycles. The number of fused-ring (bicyclic) bond motifs is 1. The Morgan fingerprint density at radius 1 is 1.39 bits per heavy atom. The Bertz CT molecular complexity index is 431. The summed E-state index contributed by atoms with van der Waals surface area (Å²) in [6.45, 7) is 4.81. The topological polar surface area (TPSA) is 60.0 Å². The zero-order valence-electron chi connectivity index (χ0n) is 10.9. The number of rotatable bonds is 5. The lowest BCUT2D eigenvalue weighted by molar-refractivity contribution is 0.171. The van der Waals surface area contributed by atoms with E-state index < -0.39 is 0 Å². The van der Waals surface area contributed by atoms with Crippen LogP contribution in [0.1, 0.15) is 19.4 Å². The van der Waals surface area contributed by atoms with Gasteiger partial charge in [-0.3, -0.25) is 0 Å². The highest BCUT2D eigenvalue weighted by atomic mass is 16.7. The largest absolute Gasteiger partial charge is 0.493 e. The van der Waals surface area contributed by atoms with Crippen LogP contribution in [0.25, 0.3) is 0 Å². The van der Waals surface area contributed by atoms with Gasteiger partial charge in [0.1, 0.15) is 0 Å². The van der Waals surface area contributed by atoms with Gasteiger partial charge in [-0.1, -0.05) is 0 Å². The molecule has 0 bridgehead atoms. The second-order valence-electron chi connectivity index (χ2n) is 4.93. The summed E-state index contributed by atoms with van der Waals surface area (Å²) in [6.07, 6.45) is 0. The maximum atomic E-state index is 9.20. The average Bonchev–Trinajstić information content (AvgIpc) is 2.83. The molecule has 0 spiro atoms. The van der Waals surface area contributed by atoms with Crippen LogP contribution in [0.15, 0.2) is 12.1 Å². The summed E-state index contributed by atoms with van der Waals surface area (Å²) in [5, 5.41) is 12.5. The van der Waals surface area contributed by atoms with Crippen molar-refractivity contribution in [2.24, 2.45) is 0 Å². The van der Waals surface area contributed by atoms with Crippen molar-refractivity contribution in [3.63, 3.8) is 0 Å². The Morgan fingerprint density at radius 3 is 2.83 bits per heavy atom. The van der Waals surface area contributed by atoms with Crippen LogP contribution in [-0.2, 0) is 6.54 Å². The van der Waals surface area contributed by atoms with E-state index in [1.54, 1.807) is 7.11 Å². The number of benzene rings is 1. The van der Waals surface area contributed by atoms with E-state index in [1.165, 1.54) is 0 Å². The van der Waals surface area contributed by atoms with Gasteiger partial charge in [0.05, 0.1) is 13.7 Å². The maximum Gasteiger partial charge on any atom is 0.231 e. The average molecular weight is 253 g/mol. The molecule has 5 nitrogen and oxygen atoms in total. The number of hydrogen-bond acceptors (Lipinski definition) is 5. The second kappa shape index (κ2) is 5.04. The van der Waals surface area contributed by atoms with Gasteiger partial charge < -0.3 is 24.6 Å². The summed E-state index contributed by atoms with van der Waals surface area (Å²) in [5.74, 6) is 2.03. The van der Waals surface area contributed by atoms with Crippen molar-refractivity contribution in [2.45, 2.75) is 25.9 Å². The van der Waals surface area contributed by atoms with Gasteiger partial charge in [0, 0.05) is 12.1 Å². The summed E-state index contributed by atoms with van der Waals surface area (Å²) in [5.41, 5.74) is 0.710. The monoisotopic (exact) mass is 253 g/mol. The molecule has 0 radical (unpaired) electrons. The first-order valence-electron chi connectivity index (χ1n) is 5.88. The molecule has 0 saturated carbocycles. The third-order valence-electron chi connectivity index (χ3n) is 2.88. The van der Waals surface area contributed by atoms with Crippen LogP contribution in [0.4, 0.5) is 0 Å². The zero-order chi connectivity index (χ0) is 13.2. The Morgan fingerprint density at radius 2 is 2.17 bits per heavy atom. The Balaban J connectivity index is 2.15. The van der Waals surface area contributed by atoms with Crippen molar-refractivity contribution in [1.29, 1.82) is 0 Å². The fourth-order valence-corrected chi connectivity index (χ4v) is 1.68. The van der Waals surface area contributed by atoms with Crippen molar-refractivity contribution in [3.8, 4) is 17.2 Å². The SMILES string of the molecule is COc1cc(CNC(C)(C)CO)cc2c1OCO2. The van der Waals surface area contributed by atoms with Crippen molar-refractivity contribution < 1.29 is 19.3 Å². The fourth-order valence-electron chi connectivity index (χ4n) is 1.68. The molecule has 1 aromatic rings. The summed E-state index contributed by atoms with van der Waals surface area (Å²) in [6, 6.07) is 3.83. The molecule has 0 fully saturated rings. The van der Waals surface area contributed by atoms with Crippen molar-refractivity contribution in [3.05, 3.63) is 17.7 Å². The van der Waals surface area contributed by atoms with E-state index >= 15 is 0 Å². The molecule has 5 heteroatoms. The molecule has 0 aromatic heterocycles. The molecular weight excluding hydrogens is 234 g/mol. The lowest BCUT2D eigenvalue weighted by Gasteiger charge is -2.23. The molecule has 1 aromatic carbocycles. The number of aliphatic hydroxyl groups excluding tert-OH is 1. The van der Waals surface area contributed by atoms with Crippen LogP contribution in [0.2, 0.25) is 0 Å². The molecule has 1 aliphatic rings. The maximum absolute atomic E-state index is 9.20. The zero-order valence-corrected chi connectivity index (χ0v) is 10.9. The molecule has 100 valence electrons. The van der Waals surface area contributed by atoms with Gasteiger partial charge in [-0.2, -0.15) is 0 Å². The van der Waals surface area contributed by atoms with Crippen LogP contribution >= 0.6 is 0 Å². The first-order chi connectivity index (χ1) is 8.55. The summed E-state index contributed by atoms with van der Waals surface area (Å²) in [4.78, 5) is 0. The van der Waals surface area contributed by atoms with Crippen LogP contribution in [0, 0.1) is 0 Å². The first kappa shape index (κ1) is 13.0. The van der Waals surface area contributed by atoms with Gasteiger partial charge in [0.15, 0.2) is 11.5 Å². The van der Waals surface area contributed by atoms with Crippen LogP contribution in [0.3, 0.4) is 0 Å². The van der Waals surface area contributed by atoms with E-state index in [9.17, 15) is 5.11 Å². The number of methoxy groups -OCH3 is 1. The molecule has 0 atom stereocenters. The summed E-state index contributed by atoms with van der Waals surface area (Å²) in [7, 11) is 1.60. The highest BCUT2D eigenvalue weighted by Gasteiger charge is 2.21. The third-order valence-corrected chi connectivity index (χ3v) is 2.88. The molecule has 2 N–H and O–H groups in total. The highest BCUT2D eigenvalue weighted by Crippen LogP contribution is 2.41. The normalized spacial score (nSPS) is 13.8. The van der Waals surface area contributed by atoms with Crippen molar-refractivity contribution >= 4 is 0 Å². The Labute approximate surface area is 107 Å². The molecular formula is C13H19NO4. The predicted molar refractivity (Wildman–Crippen MR) is 67.1 cm³/mol. The Kier molecular flexibility index (Phi) is 3.63. The van der Waals surface area contributed by atoms with Gasteiger partial charge >= 0.3 is 0 Å². The van der Waals surface area contributed by atoms with E-state index in [2.05, 4.69) is 5.32 Å². The first-order valence-corrected chi connectivity index (χ1v) is 5.88. The molecule has 0 amide bonds. The minimum atomic E-state index is -0.316. The fraction of sp³-hybridized carbons (Fsp3) is 0.538. The summed E-state index contributed by atoms with van der Waals surface area (Å²) < 4.78 is 16.0. The van der Waals surface area contributed by atoms with Crippen LogP contribution in [-0.4, -0.2) is 31.2 Å². The highest BCUT2D eigenvalue weighted by molar-refractivity contribution is 5.55. The van der Waals surface area contributed by atoms with Gasteiger partial charge in [-0.25, -0.2) is 0 Å². The number of ether oxygens (including phenoxy) is 3. The van der Waals surface area contributed by atoms with Crippen molar-refractivity contribution in [1.82, 2.24) is 5.32 Å². The molecule has 1 heterocycles. The van der Waals surface area contributed by atoms with E-state index in [-0.39, 0.29) is 18.9 Å². The lowest BCUT2D eigenvalue weighted by atomic mass is 10.1. The van der Waals surface area contributed by atoms with Crippen LogP contribution < -0.4 is 19.5 Å². The standard InChI is InChI=1S/C13H19NO4/c1-13(2,7-15)14-6-9-4-10(16-3)12-11(5-9)17-8-18-12/h4-5,14-15H,6-8H2,1-3H3. The predicted octanol–water partition coefficient (Wildman–Crippen LogP) is 1.28. The van der Waals surface area contributed by atoms with Crippen LogP contribution in [0.5, 0.6) is 17.2 Å². The minimum Gasteiger partial charge on any atom is -0.493 e. The number of nitrogens with one attached hydrogen (secondary N) is 1. The van der Waals surface area contributed by atoms with E-state index in [4.69, 9.17) is 14.2 Å². The smallest absolute Gasteiger partial charge is 0.231 e. The summed E-state index contributed by atoms with van der Waals surface area (Å²) >= 11 is 0. The van der Waals surface area contributed by atoms with Crippen molar-refractivity contribution in [2.75, 3.05) is 20.5 Å². The molecule has 0 saturated heterocycles. The number of hydrogen-bond donors (Lipinski definition) is 2. The molecule has 0 unspecified atom stereocenters. The molecule has 1 aliphatic heterocycles. The molecule has 18 heavy (non-hydrogen) atoms. The number of aliphatic hydroxyl groups is 1. The quantitative estimate of drug-likeness (QED) is 0.828. The van der Waals surface area contributed by atoms with E-state index in [0.717, 1.165) is 5.56 Å². The Hall–Kier alpha value is -1.46. The van der Waals surface area contributed by atoms with Gasteiger partial charge in [0.25, 0.3) is 0 Å². The lowest BCUT2D eigenvalue weighted by Crippen LogP contribution is -2.42. The van der Waals surface area contributed by atoms with Gasteiger partial charge in [-0.15, -0.1) is 0 Å². The van der Waals surface area contributed by atoms with Gasteiger partial charge in [-0.05, 0) is 31.5 Å². The van der Waals surface area contributed by atoms with Gasteiger partial charge in [0.2, 0.25) is 12.5 Å². The van der Waals surface area contributed by atoms with E-state index in [0.29, 0.717) is 23.8 Å².